The standard InChI is InChI=1S/C34H23Cl2N3O2/c35-25-16-14-24(30(36)18-25)21-41-33-17-15-22-8-4-5-11-26(22)29(33)20-37-39-34(40)28-19-32(23-9-2-1-3-10-23)38-31-13-7-6-12-27(28)31/h1-20H,21H2,(H,39,40)/b37-20-. The number of carbonyl (C=O) groups is 1. The molecule has 0 saturated carbocycles. The molecule has 1 heterocycles. The topological polar surface area (TPSA) is 63.6 Å². The molecule has 0 spiro atoms. The molecule has 1 aromatic heterocycles. The number of aromatic nitrogens is 1. The highest BCUT2D eigenvalue weighted by atomic mass is 35.5. The predicted octanol–water partition coefficient (Wildman–Crippen LogP) is 8.70. The van der Waals surface area contributed by atoms with Crippen LogP contribution >= 0.6 is 23.2 Å². The number of hydrogen-bond donors (Lipinski definition) is 1. The quantitative estimate of drug-likeness (QED) is 0.153. The van der Waals surface area contributed by atoms with Crippen LogP contribution in [0.1, 0.15) is 21.5 Å². The van der Waals surface area contributed by atoms with E-state index in [1.807, 2.05) is 97.1 Å². The lowest BCUT2D eigenvalue weighted by atomic mass is 10.0. The molecule has 200 valence electrons. The predicted molar refractivity (Wildman–Crippen MR) is 167 cm³/mol. The minimum atomic E-state index is -0.340. The molecule has 0 bridgehead atoms. The first-order valence-electron chi connectivity index (χ1n) is 12.9. The molecule has 0 aliphatic rings. The molecule has 0 radical (unpaired) electrons. The van der Waals surface area contributed by atoms with E-state index in [1.165, 1.54) is 0 Å². The molecule has 41 heavy (non-hydrogen) atoms. The summed E-state index contributed by atoms with van der Waals surface area (Å²) in [6.45, 7) is 0.243. The summed E-state index contributed by atoms with van der Waals surface area (Å²) in [6, 6.07) is 36.2. The van der Waals surface area contributed by atoms with Crippen LogP contribution < -0.4 is 10.2 Å². The Morgan fingerprint density at radius 2 is 1.59 bits per heavy atom. The van der Waals surface area contributed by atoms with Crippen LogP contribution in [0.15, 0.2) is 120 Å². The SMILES string of the molecule is O=C(N/N=C\c1c(OCc2ccc(Cl)cc2Cl)ccc2ccccc12)c1cc(-c2ccccc2)nc2ccccc12. The van der Waals surface area contributed by atoms with E-state index in [0.717, 1.165) is 38.4 Å². The third-order valence-electron chi connectivity index (χ3n) is 6.72. The molecule has 0 aliphatic heterocycles. The molecule has 7 heteroatoms. The minimum absolute atomic E-state index is 0.243. The first kappa shape index (κ1) is 26.5. The largest absolute Gasteiger partial charge is 0.488 e. The van der Waals surface area contributed by atoms with E-state index in [9.17, 15) is 4.79 Å². The third-order valence-corrected chi connectivity index (χ3v) is 7.31. The fraction of sp³-hybridized carbons (Fsp3) is 0.0294. The zero-order valence-electron chi connectivity index (χ0n) is 21.7. The molecule has 1 N–H and O–H groups in total. The Morgan fingerprint density at radius 1 is 0.829 bits per heavy atom. The van der Waals surface area contributed by atoms with Crippen molar-refractivity contribution in [1.29, 1.82) is 0 Å². The van der Waals surface area contributed by atoms with E-state index in [2.05, 4.69) is 10.5 Å². The number of halogens is 2. The second-order valence-corrected chi connectivity index (χ2v) is 10.2. The number of nitrogens with zero attached hydrogens (tertiary/aromatic N) is 2. The monoisotopic (exact) mass is 575 g/mol. The van der Waals surface area contributed by atoms with Gasteiger partial charge in [0.2, 0.25) is 0 Å². The van der Waals surface area contributed by atoms with Crippen LogP contribution in [0, 0.1) is 0 Å². The van der Waals surface area contributed by atoms with Crippen molar-refractivity contribution in [3.63, 3.8) is 0 Å². The number of fused-ring (bicyclic) bond motifs is 2. The molecule has 5 nitrogen and oxygen atoms in total. The van der Waals surface area contributed by atoms with E-state index in [4.69, 9.17) is 32.9 Å². The summed E-state index contributed by atoms with van der Waals surface area (Å²) in [7, 11) is 0. The number of carbonyl (C=O) groups excluding carboxylic acids is 1. The van der Waals surface area contributed by atoms with Gasteiger partial charge < -0.3 is 4.74 Å². The summed E-state index contributed by atoms with van der Waals surface area (Å²) in [5.74, 6) is 0.265. The molecule has 6 aromatic rings. The third kappa shape index (κ3) is 5.78. The first-order chi connectivity index (χ1) is 20.1. The van der Waals surface area contributed by atoms with Crippen LogP contribution in [0.25, 0.3) is 32.9 Å². The number of hydrogen-bond acceptors (Lipinski definition) is 4. The van der Waals surface area contributed by atoms with E-state index in [-0.39, 0.29) is 12.5 Å². The van der Waals surface area contributed by atoms with Gasteiger partial charge in [0.05, 0.1) is 23.0 Å². The maximum absolute atomic E-state index is 13.4. The lowest BCUT2D eigenvalue weighted by Gasteiger charge is -2.13. The number of hydrazone groups is 1. The van der Waals surface area contributed by atoms with Crippen LogP contribution in [-0.2, 0) is 6.61 Å². The number of pyridine rings is 1. The number of nitrogens with one attached hydrogen (secondary N) is 1. The molecule has 0 saturated heterocycles. The lowest BCUT2D eigenvalue weighted by Crippen LogP contribution is -2.18. The van der Waals surface area contributed by atoms with Crippen LogP contribution in [-0.4, -0.2) is 17.1 Å². The highest BCUT2D eigenvalue weighted by molar-refractivity contribution is 6.35. The molecule has 0 atom stereocenters. The minimum Gasteiger partial charge on any atom is -0.488 e. The first-order valence-corrected chi connectivity index (χ1v) is 13.7. The molecule has 1 amide bonds. The maximum atomic E-state index is 13.4. The summed E-state index contributed by atoms with van der Waals surface area (Å²) in [5, 5.41) is 8.14. The Morgan fingerprint density at radius 3 is 2.41 bits per heavy atom. The summed E-state index contributed by atoms with van der Waals surface area (Å²) in [4.78, 5) is 18.2. The fourth-order valence-corrected chi connectivity index (χ4v) is 5.13. The van der Waals surface area contributed by atoms with E-state index in [0.29, 0.717) is 27.1 Å². The van der Waals surface area contributed by atoms with Crippen LogP contribution in [0.5, 0.6) is 5.75 Å². The average Bonchev–Trinajstić information content (AvgIpc) is 3.01. The maximum Gasteiger partial charge on any atom is 0.272 e. The van der Waals surface area contributed by atoms with Crippen molar-refractivity contribution < 1.29 is 9.53 Å². The summed E-state index contributed by atoms with van der Waals surface area (Å²) in [6.07, 6.45) is 1.61. The van der Waals surface area contributed by atoms with E-state index < -0.39 is 0 Å². The average molecular weight is 576 g/mol. The second kappa shape index (κ2) is 11.8. The van der Waals surface area contributed by atoms with E-state index >= 15 is 0 Å². The molecule has 0 unspecified atom stereocenters. The van der Waals surface area contributed by atoms with Gasteiger partial charge in [0, 0.05) is 32.1 Å². The van der Waals surface area contributed by atoms with Crippen molar-refractivity contribution in [3.05, 3.63) is 142 Å². The highest BCUT2D eigenvalue weighted by Crippen LogP contribution is 2.29. The number of rotatable bonds is 7. The van der Waals surface area contributed by atoms with Gasteiger partial charge in [-0.25, -0.2) is 10.4 Å². The molecular formula is C34H23Cl2N3O2. The zero-order valence-corrected chi connectivity index (χ0v) is 23.2. The van der Waals surface area contributed by atoms with Gasteiger partial charge in [-0.1, -0.05) is 108 Å². The van der Waals surface area contributed by atoms with Gasteiger partial charge in [-0.3, -0.25) is 4.79 Å². The van der Waals surface area contributed by atoms with Crippen molar-refractivity contribution in [2.24, 2.45) is 5.10 Å². The molecular weight excluding hydrogens is 553 g/mol. The number of ether oxygens (including phenoxy) is 1. The fourth-order valence-electron chi connectivity index (χ4n) is 4.66. The molecule has 0 aliphatic carbocycles. The Labute approximate surface area is 247 Å². The van der Waals surface area contributed by atoms with Gasteiger partial charge in [-0.05, 0) is 41.1 Å². The summed E-state index contributed by atoms with van der Waals surface area (Å²) in [5.41, 5.74) is 7.10. The zero-order chi connectivity index (χ0) is 28.2. The molecule has 0 fully saturated rings. The molecule has 5 aromatic carbocycles. The van der Waals surface area contributed by atoms with Gasteiger partial charge in [0.15, 0.2) is 0 Å². The summed E-state index contributed by atoms with van der Waals surface area (Å²) >= 11 is 12.4. The Hall–Kier alpha value is -4.71. The van der Waals surface area contributed by atoms with Crippen LogP contribution in [0.2, 0.25) is 10.0 Å². The molecule has 6 rings (SSSR count). The number of amides is 1. The van der Waals surface area contributed by atoms with Gasteiger partial charge in [-0.2, -0.15) is 5.10 Å². The van der Waals surface area contributed by atoms with Gasteiger partial charge in [0.1, 0.15) is 12.4 Å². The van der Waals surface area contributed by atoms with Gasteiger partial charge in [0.25, 0.3) is 5.91 Å². The van der Waals surface area contributed by atoms with Crippen molar-refractivity contribution >= 4 is 57.0 Å². The Kier molecular flexibility index (Phi) is 7.63. The normalized spacial score (nSPS) is 11.3. The number of para-hydroxylation sites is 1. The Bertz CT molecular complexity index is 1920. The van der Waals surface area contributed by atoms with Crippen molar-refractivity contribution in [2.75, 3.05) is 0 Å². The van der Waals surface area contributed by atoms with Crippen molar-refractivity contribution in [1.82, 2.24) is 10.4 Å². The van der Waals surface area contributed by atoms with Gasteiger partial charge >= 0.3 is 0 Å². The lowest BCUT2D eigenvalue weighted by molar-refractivity contribution is 0.0956. The Balaban J connectivity index is 1.31. The van der Waals surface area contributed by atoms with Gasteiger partial charge in [-0.15, -0.1) is 0 Å². The smallest absolute Gasteiger partial charge is 0.272 e. The highest BCUT2D eigenvalue weighted by Gasteiger charge is 2.14. The van der Waals surface area contributed by atoms with Crippen molar-refractivity contribution in [3.8, 4) is 17.0 Å². The van der Waals surface area contributed by atoms with Crippen molar-refractivity contribution in [2.45, 2.75) is 6.61 Å². The summed E-state index contributed by atoms with van der Waals surface area (Å²) < 4.78 is 6.18. The van der Waals surface area contributed by atoms with Crippen LogP contribution in [0.4, 0.5) is 0 Å². The van der Waals surface area contributed by atoms with E-state index in [1.54, 1.807) is 24.4 Å². The number of benzene rings is 5. The van der Waals surface area contributed by atoms with Crippen LogP contribution in [0.3, 0.4) is 0 Å². The second-order valence-electron chi connectivity index (χ2n) is 9.36.